The van der Waals surface area contributed by atoms with Crippen molar-refractivity contribution in [2.45, 2.75) is 88.8 Å². The molecule has 10 rings (SSSR count). The second-order valence-corrected chi connectivity index (χ2v) is 17.6. The Hall–Kier alpha value is -4.14. The van der Waals surface area contributed by atoms with Gasteiger partial charge in [0.2, 0.25) is 5.78 Å². The van der Waals surface area contributed by atoms with Crippen LogP contribution < -0.4 is 0 Å². The summed E-state index contributed by atoms with van der Waals surface area (Å²) in [5, 5.41) is 25.9. The molecule has 0 amide bonds. The van der Waals surface area contributed by atoms with Gasteiger partial charge in [-0.1, -0.05) is 6.92 Å². The molecule has 286 valence electrons. The number of hydrogen-bond acceptors (Lipinski definition) is 14. The maximum absolute atomic E-state index is 14.9. The molecular formula is C40H42O14. The molecule has 1 spiro atoms. The van der Waals surface area contributed by atoms with Gasteiger partial charge >= 0.3 is 35.6 Å². The van der Waals surface area contributed by atoms with Crippen LogP contribution in [-0.4, -0.2) is 95.4 Å². The zero-order valence-corrected chi connectivity index (χ0v) is 30.7. The van der Waals surface area contributed by atoms with Crippen molar-refractivity contribution in [1.29, 1.82) is 0 Å². The number of rotatable bonds is 1. The van der Waals surface area contributed by atoms with E-state index in [1.54, 1.807) is 6.92 Å². The lowest BCUT2D eigenvalue weighted by atomic mass is 9.42. The molecule has 54 heavy (non-hydrogen) atoms. The summed E-state index contributed by atoms with van der Waals surface area (Å²) in [6.45, 7) is 5.77. The Morgan fingerprint density at radius 3 is 2.22 bits per heavy atom. The summed E-state index contributed by atoms with van der Waals surface area (Å²) in [6.07, 6.45) is 2.05. The summed E-state index contributed by atoms with van der Waals surface area (Å²) in [7, 11) is 1.29. The molecule has 0 radical (unpaired) electrons. The minimum Gasteiger partial charge on any atom is -0.461 e. The third-order valence-electron chi connectivity index (χ3n) is 15.6. The van der Waals surface area contributed by atoms with E-state index >= 15 is 0 Å². The number of carbonyl (C=O) groups is 6. The molecule has 14 heteroatoms. The number of cyclic esters (lactones) is 3. The average molecular weight is 747 g/mol. The van der Waals surface area contributed by atoms with Crippen LogP contribution in [0.1, 0.15) is 66.2 Å². The molecule has 2 N–H and O–H groups in total. The Labute approximate surface area is 309 Å². The van der Waals surface area contributed by atoms with Crippen LogP contribution in [0.3, 0.4) is 0 Å². The van der Waals surface area contributed by atoms with Crippen LogP contribution in [0.5, 0.6) is 0 Å². The summed E-state index contributed by atoms with van der Waals surface area (Å²) in [4.78, 5) is 81.5. The summed E-state index contributed by atoms with van der Waals surface area (Å²) in [6, 6.07) is 0. The van der Waals surface area contributed by atoms with E-state index in [2.05, 4.69) is 0 Å². The fraction of sp³-hybridized carbons (Fsp3) is 0.650. The summed E-state index contributed by atoms with van der Waals surface area (Å²) < 4.78 is 35.2. The molecule has 0 saturated heterocycles. The van der Waals surface area contributed by atoms with Gasteiger partial charge in [0.25, 0.3) is 0 Å². The van der Waals surface area contributed by atoms with Crippen LogP contribution in [0.4, 0.5) is 0 Å². The van der Waals surface area contributed by atoms with Gasteiger partial charge in [0.05, 0.1) is 29.4 Å². The fourth-order valence-corrected chi connectivity index (χ4v) is 13.1. The SMILES string of the molecule is COC12OC(=O)C(C)=C1C1=C3C(O)(CC4C15OC(=O)C1=C5CC5C(O)(COC(=O)C(C)=CCOC(=O)CCC(=O)OC1)C1CC1C45C)C1CC1C3(C)C2=O. The van der Waals surface area contributed by atoms with Crippen LogP contribution in [0.2, 0.25) is 0 Å². The zero-order valence-electron chi connectivity index (χ0n) is 30.7. The van der Waals surface area contributed by atoms with Crippen molar-refractivity contribution in [1.82, 2.24) is 0 Å². The molecule has 0 aromatic carbocycles. The second-order valence-electron chi connectivity index (χ2n) is 17.6. The predicted octanol–water partition coefficient (Wildman–Crippen LogP) is 1.86. The monoisotopic (exact) mass is 746 g/mol. The summed E-state index contributed by atoms with van der Waals surface area (Å²) >= 11 is 0. The number of carbonyl (C=O) groups excluding carboxylic acids is 6. The Morgan fingerprint density at radius 2 is 1.50 bits per heavy atom. The number of fused-ring (bicyclic) bond motifs is 9. The largest absolute Gasteiger partial charge is 0.461 e. The number of aliphatic hydroxyl groups is 2. The highest BCUT2D eigenvalue weighted by molar-refractivity contribution is 6.10. The first-order valence-corrected chi connectivity index (χ1v) is 18.8. The maximum Gasteiger partial charge on any atom is 0.338 e. The van der Waals surface area contributed by atoms with Gasteiger partial charge < -0.3 is 38.6 Å². The first kappa shape index (κ1) is 34.4. The smallest absolute Gasteiger partial charge is 0.338 e. The number of esters is 5. The molecule has 5 fully saturated rings. The van der Waals surface area contributed by atoms with Crippen molar-refractivity contribution in [3.63, 3.8) is 0 Å². The minimum atomic E-state index is -2.16. The first-order valence-electron chi connectivity index (χ1n) is 18.8. The van der Waals surface area contributed by atoms with E-state index in [9.17, 15) is 39.0 Å². The van der Waals surface area contributed by atoms with Crippen LogP contribution >= 0.6 is 0 Å². The van der Waals surface area contributed by atoms with Crippen molar-refractivity contribution < 1.29 is 67.4 Å². The zero-order chi connectivity index (χ0) is 38.3. The summed E-state index contributed by atoms with van der Waals surface area (Å²) in [5.74, 6) is -8.69. The predicted molar refractivity (Wildman–Crippen MR) is 178 cm³/mol. The van der Waals surface area contributed by atoms with Gasteiger partial charge in [-0.15, -0.1) is 0 Å². The van der Waals surface area contributed by atoms with Crippen molar-refractivity contribution in [3.05, 3.63) is 45.1 Å². The topological polar surface area (TPSA) is 198 Å². The van der Waals surface area contributed by atoms with E-state index < -0.39 is 87.5 Å². The second kappa shape index (κ2) is 10.2. The van der Waals surface area contributed by atoms with E-state index in [4.69, 9.17) is 28.4 Å². The van der Waals surface area contributed by atoms with Crippen LogP contribution in [0.25, 0.3) is 0 Å². The lowest BCUT2D eigenvalue weighted by Crippen LogP contribution is -2.68. The van der Waals surface area contributed by atoms with Crippen LogP contribution in [0, 0.1) is 46.3 Å². The number of ether oxygens (including phenoxy) is 6. The third kappa shape index (κ3) is 3.64. The lowest BCUT2D eigenvalue weighted by molar-refractivity contribution is -0.209. The molecule has 5 saturated carbocycles. The summed E-state index contributed by atoms with van der Waals surface area (Å²) in [5.41, 5.74) is -5.35. The first-order chi connectivity index (χ1) is 25.5. The van der Waals surface area contributed by atoms with Gasteiger partial charge in [-0.25, -0.2) is 14.4 Å². The van der Waals surface area contributed by atoms with Crippen LogP contribution in [0.15, 0.2) is 45.1 Å². The molecule has 12 unspecified atom stereocenters. The Kier molecular flexibility index (Phi) is 6.48. The highest BCUT2D eigenvalue weighted by Gasteiger charge is 2.88. The molecule has 0 aromatic heterocycles. The Morgan fingerprint density at radius 1 is 0.796 bits per heavy atom. The van der Waals surface area contributed by atoms with Crippen molar-refractivity contribution in [2.75, 3.05) is 26.9 Å². The molecule has 0 aromatic rings. The van der Waals surface area contributed by atoms with Gasteiger partial charge in [0.15, 0.2) is 5.60 Å². The highest BCUT2D eigenvalue weighted by atomic mass is 16.7. The molecule has 3 aliphatic heterocycles. The van der Waals surface area contributed by atoms with E-state index in [0.717, 1.165) is 0 Å². The normalized spacial score (nSPS) is 48.6. The number of hydrogen-bond donors (Lipinski definition) is 2. The highest BCUT2D eigenvalue weighted by Crippen LogP contribution is 2.84. The van der Waals surface area contributed by atoms with E-state index in [-0.39, 0.29) is 84.9 Å². The van der Waals surface area contributed by atoms with E-state index in [1.807, 2.05) is 6.92 Å². The van der Waals surface area contributed by atoms with Crippen LogP contribution in [-0.2, 0) is 57.2 Å². The third-order valence-corrected chi connectivity index (χ3v) is 15.6. The minimum absolute atomic E-state index is 0.0320. The van der Waals surface area contributed by atoms with E-state index in [1.165, 1.54) is 27.0 Å². The number of Topliss-reactive ketones (excluding diaryl/α,β-unsaturated/α-hetero) is 1. The molecule has 2 bridgehead atoms. The van der Waals surface area contributed by atoms with Crippen molar-refractivity contribution in [3.8, 4) is 0 Å². The van der Waals surface area contributed by atoms with Gasteiger partial charge in [-0.05, 0) is 92.8 Å². The standard InChI is InChI=1S/C40H42O14/c1-16-8-9-50-26(41)6-7-27(42)51-14-18-19-12-24-35(3,20-10-23(20)38(24,48)15-52-31(16)43)25-13-37(47)22-11-21(22)36(4)30(37)29(39(19,25)53-33(18)45)28-17(2)32(44)54-40(28,49-5)34(36)46/h8,20-25,47-48H,6-7,9-15H2,1-5H3. The molecular weight excluding hydrogens is 704 g/mol. The average Bonchev–Trinajstić information content (AvgIpc) is 4.04. The van der Waals surface area contributed by atoms with Crippen molar-refractivity contribution >= 4 is 35.6 Å². The lowest BCUT2D eigenvalue weighted by Gasteiger charge is -2.63. The van der Waals surface area contributed by atoms with Gasteiger partial charge in [0.1, 0.15) is 25.4 Å². The quantitative estimate of drug-likeness (QED) is 0.291. The van der Waals surface area contributed by atoms with Gasteiger partial charge in [-0.3, -0.25) is 14.4 Å². The Bertz CT molecular complexity index is 2090. The molecule has 7 aliphatic carbocycles. The molecule has 3 heterocycles. The van der Waals surface area contributed by atoms with Gasteiger partial charge in [-0.2, -0.15) is 0 Å². The number of methoxy groups -OCH3 is 1. The molecule has 14 nitrogen and oxygen atoms in total. The van der Waals surface area contributed by atoms with Gasteiger partial charge in [0, 0.05) is 41.2 Å². The molecule has 10 aliphatic rings. The fourth-order valence-electron chi connectivity index (χ4n) is 13.1. The maximum atomic E-state index is 14.9. The van der Waals surface area contributed by atoms with Crippen molar-refractivity contribution in [2.24, 2.45) is 46.3 Å². The number of ketones is 1. The Balaban J connectivity index is 1.22. The molecule has 12 atom stereocenters. The van der Waals surface area contributed by atoms with E-state index in [0.29, 0.717) is 29.6 Å².